The molecule has 0 bridgehead atoms. The first-order valence-electron chi connectivity index (χ1n) is 11.0. The molecule has 3 aliphatic rings. The Morgan fingerprint density at radius 2 is 1.75 bits per heavy atom. The summed E-state index contributed by atoms with van der Waals surface area (Å²) in [6.07, 6.45) is 1.75. The van der Waals surface area contributed by atoms with Gasteiger partial charge in [-0.3, -0.25) is 19.3 Å². The van der Waals surface area contributed by atoms with Crippen LogP contribution in [0.5, 0.6) is 0 Å². The second kappa shape index (κ2) is 8.68. The smallest absolute Gasteiger partial charge is 0.261 e. The predicted molar refractivity (Wildman–Crippen MR) is 126 cm³/mol. The van der Waals surface area contributed by atoms with E-state index in [0.717, 1.165) is 25.2 Å². The normalized spacial score (nSPS) is 21.8. The number of hydrogen-bond acceptors (Lipinski definition) is 4. The van der Waals surface area contributed by atoms with Crippen LogP contribution in [0.25, 0.3) is 0 Å². The lowest BCUT2D eigenvalue weighted by atomic mass is 9.89. The first-order valence-corrected chi connectivity index (χ1v) is 11.0. The largest absolute Gasteiger partial charge is 0.308 e. The number of nitrogens with zero attached hydrogens (tertiary/aromatic N) is 3. The van der Waals surface area contributed by atoms with Gasteiger partial charge in [-0.2, -0.15) is 0 Å². The molecule has 3 aliphatic heterocycles. The van der Waals surface area contributed by atoms with Crippen molar-refractivity contribution in [2.75, 3.05) is 31.6 Å². The van der Waals surface area contributed by atoms with Crippen LogP contribution in [0.2, 0.25) is 0 Å². The Balaban J connectivity index is 0.00000245. The van der Waals surface area contributed by atoms with Crippen LogP contribution in [0.15, 0.2) is 42.5 Å². The van der Waals surface area contributed by atoms with Gasteiger partial charge in [0.25, 0.3) is 11.8 Å². The molecular weight excluding hydrogens is 426 g/mol. The molecule has 2 aromatic rings. The van der Waals surface area contributed by atoms with Crippen molar-refractivity contribution in [3.05, 3.63) is 64.7 Å². The zero-order valence-electron chi connectivity index (χ0n) is 18.4. The van der Waals surface area contributed by atoms with Crippen molar-refractivity contribution in [3.63, 3.8) is 0 Å². The molecule has 1 saturated heterocycles. The lowest BCUT2D eigenvalue weighted by Crippen LogP contribution is -2.47. The number of amides is 3. The lowest BCUT2D eigenvalue weighted by molar-refractivity contribution is -0.119. The van der Waals surface area contributed by atoms with E-state index in [1.54, 1.807) is 24.3 Å². The number of piperidine rings is 1. The number of fused-ring (bicyclic) bond motifs is 4. The van der Waals surface area contributed by atoms with Gasteiger partial charge in [0, 0.05) is 37.2 Å². The number of anilines is 1. The minimum Gasteiger partial charge on any atom is -0.308 e. The summed E-state index contributed by atoms with van der Waals surface area (Å²) in [7, 11) is 2.14. The van der Waals surface area contributed by atoms with Crippen molar-refractivity contribution in [1.82, 2.24) is 9.80 Å². The highest BCUT2D eigenvalue weighted by atomic mass is 35.5. The molecule has 1 fully saturated rings. The Morgan fingerprint density at radius 1 is 1.06 bits per heavy atom. The summed E-state index contributed by atoms with van der Waals surface area (Å²) >= 11 is 0. The molecule has 2 atom stereocenters. The van der Waals surface area contributed by atoms with Crippen LogP contribution in [-0.2, 0) is 4.79 Å². The fourth-order valence-electron chi connectivity index (χ4n) is 5.36. The van der Waals surface area contributed by atoms with Gasteiger partial charge >= 0.3 is 0 Å². The Kier molecular flexibility index (Phi) is 6.10. The summed E-state index contributed by atoms with van der Waals surface area (Å²) < 4.78 is 0. The second-order valence-corrected chi connectivity index (χ2v) is 8.96. The minimum atomic E-state index is -0.259. The van der Waals surface area contributed by atoms with Gasteiger partial charge in [-0.05, 0) is 57.1 Å². The number of benzene rings is 2. The highest BCUT2D eigenvalue weighted by molar-refractivity contribution is 6.21. The van der Waals surface area contributed by atoms with E-state index in [0.29, 0.717) is 29.9 Å². The monoisotopic (exact) mass is 453 g/mol. The van der Waals surface area contributed by atoms with Gasteiger partial charge in [-0.15, -0.1) is 12.4 Å². The number of carbonyl (C=O) groups is 3. The summed E-state index contributed by atoms with van der Waals surface area (Å²) in [5.41, 5.74) is 4.42. The summed E-state index contributed by atoms with van der Waals surface area (Å²) in [6, 6.07) is 13.5. The van der Waals surface area contributed by atoms with Crippen LogP contribution in [0.4, 0.5) is 5.69 Å². The third-order valence-corrected chi connectivity index (χ3v) is 6.87. The molecule has 32 heavy (non-hydrogen) atoms. The number of aryl methyl sites for hydroxylation is 1. The van der Waals surface area contributed by atoms with Crippen LogP contribution in [0, 0.1) is 6.92 Å². The van der Waals surface area contributed by atoms with Gasteiger partial charge in [-0.1, -0.05) is 29.8 Å². The zero-order valence-corrected chi connectivity index (χ0v) is 19.2. The Bertz CT molecular complexity index is 1050. The molecule has 3 heterocycles. The van der Waals surface area contributed by atoms with E-state index in [1.807, 2.05) is 4.90 Å². The van der Waals surface area contributed by atoms with Crippen molar-refractivity contribution >= 4 is 35.8 Å². The number of likely N-dealkylation sites (tertiary alicyclic amines) is 1. The highest BCUT2D eigenvalue weighted by Gasteiger charge is 2.43. The number of carbonyl (C=O) groups excluding carboxylic acids is 3. The van der Waals surface area contributed by atoms with Crippen LogP contribution in [0.3, 0.4) is 0 Å². The third kappa shape index (κ3) is 3.61. The average Bonchev–Trinajstić information content (AvgIpc) is 3.20. The fourth-order valence-corrected chi connectivity index (χ4v) is 5.36. The van der Waals surface area contributed by atoms with Crippen molar-refractivity contribution in [2.24, 2.45) is 0 Å². The molecule has 5 rings (SSSR count). The summed E-state index contributed by atoms with van der Waals surface area (Å²) in [6.45, 7) is 4.30. The summed E-state index contributed by atoms with van der Waals surface area (Å²) in [5, 5.41) is 0. The maximum Gasteiger partial charge on any atom is 0.261 e. The average molecular weight is 454 g/mol. The first kappa shape index (κ1) is 22.5. The molecule has 6 nitrogen and oxygen atoms in total. The van der Waals surface area contributed by atoms with E-state index in [1.165, 1.54) is 16.0 Å². The van der Waals surface area contributed by atoms with Gasteiger partial charge < -0.3 is 9.80 Å². The fraction of sp³-hybridized carbons (Fsp3) is 0.400. The van der Waals surface area contributed by atoms with Crippen molar-refractivity contribution in [1.29, 1.82) is 0 Å². The Morgan fingerprint density at radius 3 is 2.44 bits per heavy atom. The van der Waals surface area contributed by atoms with E-state index in [2.05, 4.69) is 37.1 Å². The molecule has 168 valence electrons. The Labute approximate surface area is 194 Å². The molecule has 0 radical (unpaired) electrons. The van der Waals surface area contributed by atoms with Gasteiger partial charge in [0.2, 0.25) is 5.91 Å². The lowest BCUT2D eigenvalue weighted by Gasteiger charge is -2.36. The first-order chi connectivity index (χ1) is 15.0. The summed E-state index contributed by atoms with van der Waals surface area (Å²) in [5.74, 6) is -0.0940. The quantitative estimate of drug-likeness (QED) is 0.663. The van der Waals surface area contributed by atoms with Gasteiger partial charge in [0.05, 0.1) is 11.1 Å². The SMILES string of the molecule is Cc1ccc2c(c1)C1CN(C)CCC1N2C(=O)CCCN1C(=O)c2ccccc2C1=O.Cl. The highest BCUT2D eigenvalue weighted by Crippen LogP contribution is 2.45. The Hall–Kier alpha value is -2.70. The molecular formula is C25H28ClN3O3. The van der Waals surface area contributed by atoms with Gasteiger partial charge in [-0.25, -0.2) is 0 Å². The second-order valence-electron chi connectivity index (χ2n) is 8.96. The molecule has 0 aromatic heterocycles. The molecule has 0 spiro atoms. The van der Waals surface area contributed by atoms with Crippen LogP contribution in [-0.4, -0.2) is 60.2 Å². The van der Waals surface area contributed by atoms with Crippen LogP contribution < -0.4 is 4.90 Å². The standard InChI is InChI=1S/C25H27N3O3.ClH/c1-16-9-10-21-19(14-16)20-15-26(2)13-11-22(20)28(21)23(29)8-5-12-27-24(30)17-6-3-4-7-18(17)25(27)31;/h3-4,6-7,9-10,14,20,22H,5,8,11-13,15H2,1-2H3;1H. The molecule has 0 saturated carbocycles. The van der Waals surface area contributed by atoms with E-state index < -0.39 is 0 Å². The molecule has 7 heteroatoms. The van der Waals surface area contributed by atoms with E-state index in [4.69, 9.17) is 0 Å². The molecule has 2 unspecified atom stereocenters. The number of likely N-dealkylation sites (N-methyl/N-ethyl adjacent to an activating group) is 1. The van der Waals surface area contributed by atoms with Gasteiger partial charge in [0.15, 0.2) is 0 Å². The predicted octanol–water partition coefficient (Wildman–Crippen LogP) is 3.63. The molecule has 3 amide bonds. The van der Waals surface area contributed by atoms with E-state index >= 15 is 0 Å². The molecule has 0 aliphatic carbocycles. The maximum absolute atomic E-state index is 13.3. The maximum atomic E-state index is 13.3. The van der Waals surface area contributed by atoms with Crippen LogP contribution in [0.1, 0.15) is 57.0 Å². The van der Waals surface area contributed by atoms with E-state index in [-0.39, 0.29) is 42.7 Å². The number of rotatable bonds is 4. The van der Waals surface area contributed by atoms with Crippen molar-refractivity contribution < 1.29 is 14.4 Å². The van der Waals surface area contributed by atoms with Gasteiger partial charge in [0.1, 0.15) is 0 Å². The number of imide groups is 1. The zero-order chi connectivity index (χ0) is 21.7. The third-order valence-electron chi connectivity index (χ3n) is 6.87. The van der Waals surface area contributed by atoms with Crippen molar-refractivity contribution in [3.8, 4) is 0 Å². The van der Waals surface area contributed by atoms with E-state index in [9.17, 15) is 14.4 Å². The number of hydrogen-bond donors (Lipinski definition) is 0. The van der Waals surface area contributed by atoms with Crippen molar-refractivity contribution in [2.45, 2.75) is 38.1 Å². The topological polar surface area (TPSA) is 60.9 Å². The molecule has 0 N–H and O–H groups in total. The number of halogens is 1. The summed E-state index contributed by atoms with van der Waals surface area (Å²) in [4.78, 5) is 44.0. The molecule has 2 aromatic carbocycles. The van der Waals surface area contributed by atoms with Crippen LogP contribution >= 0.6 is 12.4 Å². The minimum absolute atomic E-state index is 0.